The van der Waals surface area contributed by atoms with Crippen LogP contribution in [0.5, 0.6) is 0 Å². The Morgan fingerprint density at radius 3 is 2.29 bits per heavy atom. The predicted molar refractivity (Wildman–Crippen MR) is 70.0 cm³/mol. The summed E-state index contributed by atoms with van der Waals surface area (Å²) in [6.45, 7) is 11.2. The number of rotatable bonds is 2. The molecular weight excluding hydrogens is 215 g/mol. The molecule has 0 N–H and O–H groups in total. The van der Waals surface area contributed by atoms with Crippen LogP contribution in [0.15, 0.2) is 0 Å². The largest absolute Gasteiger partial charge is 0.298 e. The first kappa shape index (κ1) is 13.3. The summed E-state index contributed by atoms with van der Waals surface area (Å²) in [4.78, 5) is 5.06. The lowest BCUT2D eigenvalue weighted by Crippen LogP contribution is -2.55. The zero-order valence-electron chi connectivity index (χ0n) is 11.5. The molecule has 0 radical (unpaired) electrons. The Morgan fingerprint density at radius 1 is 1.06 bits per heavy atom. The van der Waals surface area contributed by atoms with Gasteiger partial charge in [-0.3, -0.25) is 9.80 Å². The molecule has 100 valence electrons. The third-order valence-electron chi connectivity index (χ3n) is 4.71. The van der Waals surface area contributed by atoms with Crippen LogP contribution in [0.2, 0.25) is 0 Å². The molecule has 0 spiro atoms. The Labute approximate surface area is 105 Å². The van der Waals surface area contributed by atoms with E-state index in [9.17, 15) is 4.39 Å². The molecule has 17 heavy (non-hydrogen) atoms. The second-order valence-corrected chi connectivity index (χ2v) is 6.04. The molecule has 2 fully saturated rings. The molecule has 1 aliphatic heterocycles. The van der Waals surface area contributed by atoms with Gasteiger partial charge in [0.2, 0.25) is 0 Å². The zero-order valence-corrected chi connectivity index (χ0v) is 11.5. The van der Waals surface area contributed by atoms with Crippen LogP contribution in [0, 0.1) is 5.92 Å². The number of hydrogen-bond acceptors (Lipinski definition) is 2. The number of hydrogen-bond donors (Lipinski definition) is 0. The average Bonchev–Trinajstić information content (AvgIpc) is 2.33. The average molecular weight is 242 g/mol. The van der Waals surface area contributed by atoms with E-state index in [0.29, 0.717) is 12.1 Å². The van der Waals surface area contributed by atoms with Gasteiger partial charge in [0, 0.05) is 44.2 Å². The second kappa shape index (κ2) is 5.66. The van der Waals surface area contributed by atoms with Gasteiger partial charge in [-0.25, -0.2) is 4.39 Å². The molecule has 0 aromatic carbocycles. The first-order valence-electron chi connectivity index (χ1n) is 7.21. The normalized spacial score (nSPS) is 37.6. The maximum Gasteiger partial charge on any atom is 0.104 e. The van der Waals surface area contributed by atoms with Gasteiger partial charge in [-0.2, -0.15) is 0 Å². The van der Waals surface area contributed by atoms with Crippen molar-refractivity contribution in [1.82, 2.24) is 9.80 Å². The van der Waals surface area contributed by atoms with E-state index >= 15 is 0 Å². The second-order valence-electron chi connectivity index (χ2n) is 6.04. The molecule has 1 saturated heterocycles. The van der Waals surface area contributed by atoms with Crippen molar-refractivity contribution in [1.29, 1.82) is 0 Å². The lowest BCUT2D eigenvalue weighted by atomic mass is 9.83. The molecule has 0 amide bonds. The van der Waals surface area contributed by atoms with Crippen molar-refractivity contribution >= 4 is 0 Å². The number of piperazine rings is 1. The fourth-order valence-electron chi connectivity index (χ4n) is 3.39. The van der Waals surface area contributed by atoms with Crippen LogP contribution in [-0.4, -0.2) is 54.2 Å². The van der Waals surface area contributed by atoms with Gasteiger partial charge < -0.3 is 0 Å². The molecule has 1 aliphatic carbocycles. The van der Waals surface area contributed by atoms with Crippen LogP contribution in [0.3, 0.4) is 0 Å². The van der Waals surface area contributed by atoms with Gasteiger partial charge in [0.1, 0.15) is 6.17 Å². The fraction of sp³-hybridized carbons (Fsp3) is 1.00. The van der Waals surface area contributed by atoms with Crippen LogP contribution < -0.4 is 0 Å². The van der Waals surface area contributed by atoms with Crippen LogP contribution in [-0.2, 0) is 0 Å². The Hall–Kier alpha value is -0.150. The standard InChI is InChI=1S/C14H27FN2/c1-11(2)16-7-9-17(10-8-16)14-6-4-5-13(15)12(14)3/h11-14H,4-10H2,1-3H3/t12-,13-,14-/m0/s1. The third-order valence-corrected chi connectivity index (χ3v) is 4.71. The van der Waals surface area contributed by atoms with Crippen molar-refractivity contribution in [3.63, 3.8) is 0 Å². The maximum absolute atomic E-state index is 13.8. The molecule has 0 aromatic rings. The molecule has 0 unspecified atom stereocenters. The van der Waals surface area contributed by atoms with Gasteiger partial charge in [0.05, 0.1) is 0 Å². The van der Waals surface area contributed by atoms with Crippen LogP contribution in [0.25, 0.3) is 0 Å². The molecule has 3 atom stereocenters. The maximum atomic E-state index is 13.8. The number of alkyl halides is 1. The predicted octanol–water partition coefficient (Wildman–Crippen LogP) is 2.54. The highest BCUT2D eigenvalue weighted by Gasteiger charge is 2.35. The van der Waals surface area contributed by atoms with Crippen molar-refractivity contribution in [3.05, 3.63) is 0 Å². The number of halogens is 1. The van der Waals surface area contributed by atoms with E-state index in [1.165, 1.54) is 6.42 Å². The summed E-state index contributed by atoms with van der Waals surface area (Å²) in [7, 11) is 0. The van der Waals surface area contributed by atoms with Crippen molar-refractivity contribution < 1.29 is 4.39 Å². The van der Waals surface area contributed by atoms with E-state index in [1.54, 1.807) is 0 Å². The summed E-state index contributed by atoms with van der Waals surface area (Å²) in [6, 6.07) is 1.14. The zero-order chi connectivity index (χ0) is 12.4. The van der Waals surface area contributed by atoms with Gasteiger partial charge in [-0.1, -0.05) is 6.92 Å². The van der Waals surface area contributed by atoms with E-state index in [0.717, 1.165) is 39.0 Å². The van der Waals surface area contributed by atoms with Crippen LogP contribution in [0.4, 0.5) is 4.39 Å². The first-order valence-corrected chi connectivity index (χ1v) is 7.21. The highest BCUT2D eigenvalue weighted by atomic mass is 19.1. The Morgan fingerprint density at radius 2 is 1.71 bits per heavy atom. The number of nitrogens with zero attached hydrogens (tertiary/aromatic N) is 2. The lowest BCUT2D eigenvalue weighted by Gasteiger charge is -2.45. The Bertz CT molecular complexity index is 236. The Balaban J connectivity index is 1.87. The van der Waals surface area contributed by atoms with E-state index in [4.69, 9.17) is 0 Å². The topological polar surface area (TPSA) is 6.48 Å². The molecule has 2 nitrogen and oxygen atoms in total. The minimum atomic E-state index is -0.572. The molecule has 0 bridgehead atoms. The van der Waals surface area contributed by atoms with E-state index < -0.39 is 6.17 Å². The smallest absolute Gasteiger partial charge is 0.104 e. The fourth-order valence-corrected chi connectivity index (χ4v) is 3.39. The van der Waals surface area contributed by atoms with Gasteiger partial charge in [-0.05, 0) is 33.1 Å². The van der Waals surface area contributed by atoms with E-state index in [1.807, 2.05) is 0 Å². The van der Waals surface area contributed by atoms with Gasteiger partial charge in [0.15, 0.2) is 0 Å². The minimum Gasteiger partial charge on any atom is -0.298 e. The molecule has 2 rings (SSSR count). The van der Waals surface area contributed by atoms with E-state index in [-0.39, 0.29) is 5.92 Å². The summed E-state index contributed by atoms with van der Waals surface area (Å²) >= 11 is 0. The summed E-state index contributed by atoms with van der Waals surface area (Å²) in [5, 5.41) is 0. The van der Waals surface area contributed by atoms with Crippen molar-refractivity contribution in [2.75, 3.05) is 26.2 Å². The van der Waals surface area contributed by atoms with Gasteiger partial charge in [0.25, 0.3) is 0 Å². The van der Waals surface area contributed by atoms with E-state index in [2.05, 4.69) is 30.6 Å². The third kappa shape index (κ3) is 3.00. The molecular formula is C14H27FN2. The monoisotopic (exact) mass is 242 g/mol. The summed E-state index contributed by atoms with van der Waals surface area (Å²) < 4.78 is 13.8. The SMILES string of the molecule is CC(C)N1CCN([C@H]2CCC[C@H](F)[C@@H]2C)CC1. The minimum absolute atomic E-state index is 0.231. The highest BCUT2D eigenvalue weighted by molar-refractivity contribution is 4.88. The molecule has 1 saturated carbocycles. The molecule has 2 aliphatic rings. The lowest BCUT2D eigenvalue weighted by molar-refractivity contribution is 0.0159. The molecule has 1 heterocycles. The summed E-state index contributed by atoms with van der Waals surface area (Å²) in [5.74, 6) is 0.231. The van der Waals surface area contributed by atoms with Crippen molar-refractivity contribution in [2.24, 2.45) is 5.92 Å². The first-order chi connectivity index (χ1) is 8.09. The summed E-state index contributed by atoms with van der Waals surface area (Å²) in [6.07, 6.45) is 2.48. The molecule has 0 aromatic heterocycles. The molecule has 3 heteroatoms. The van der Waals surface area contributed by atoms with Crippen LogP contribution >= 0.6 is 0 Å². The highest BCUT2D eigenvalue weighted by Crippen LogP contribution is 2.31. The van der Waals surface area contributed by atoms with Gasteiger partial charge in [-0.15, -0.1) is 0 Å². The van der Waals surface area contributed by atoms with Crippen molar-refractivity contribution in [3.8, 4) is 0 Å². The van der Waals surface area contributed by atoms with Gasteiger partial charge >= 0.3 is 0 Å². The van der Waals surface area contributed by atoms with Crippen molar-refractivity contribution in [2.45, 2.75) is 58.3 Å². The van der Waals surface area contributed by atoms with Crippen LogP contribution in [0.1, 0.15) is 40.0 Å². The Kier molecular flexibility index (Phi) is 4.42. The summed E-state index contributed by atoms with van der Waals surface area (Å²) in [5.41, 5.74) is 0. The quantitative estimate of drug-likeness (QED) is 0.734.